The van der Waals surface area contributed by atoms with Crippen LogP contribution in [0.3, 0.4) is 0 Å². The van der Waals surface area contributed by atoms with Gasteiger partial charge in [-0.2, -0.15) is 0 Å². The lowest BCUT2D eigenvalue weighted by atomic mass is 10.1. The summed E-state index contributed by atoms with van der Waals surface area (Å²) in [6.07, 6.45) is 5.44. The number of carbonyl (C=O) groups excluding carboxylic acids is 2. The molecule has 2 N–H and O–H groups in total. The molecule has 1 fully saturated rings. The van der Waals surface area contributed by atoms with Gasteiger partial charge in [0.2, 0.25) is 0 Å². The van der Waals surface area contributed by atoms with Gasteiger partial charge in [0.1, 0.15) is 5.75 Å². The molecule has 0 unspecified atom stereocenters. The third-order valence-corrected chi connectivity index (χ3v) is 4.96. The number of hydrogen-bond acceptors (Lipinski definition) is 4. The van der Waals surface area contributed by atoms with Gasteiger partial charge in [0.25, 0.3) is 5.91 Å². The summed E-state index contributed by atoms with van der Waals surface area (Å²) in [6.45, 7) is 2.22. The van der Waals surface area contributed by atoms with Gasteiger partial charge in [-0.15, -0.1) is 0 Å². The average Bonchev–Trinajstić information content (AvgIpc) is 3.43. The van der Waals surface area contributed by atoms with Gasteiger partial charge in [-0.1, -0.05) is 24.3 Å². The number of hydrogen-bond donors (Lipinski definition) is 2. The van der Waals surface area contributed by atoms with Crippen molar-refractivity contribution in [1.29, 1.82) is 0 Å². The van der Waals surface area contributed by atoms with E-state index in [9.17, 15) is 9.59 Å². The summed E-state index contributed by atoms with van der Waals surface area (Å²) in [5.74, 6) is 0.342. The van der Waals surface area contributed by atoms with Gasteiger partial charge in [-0.3, -0.25) is 9.69 Å². The van der Waals surface area contributed by atoms with Crippen LogP contribution in [0.2, 0.25) is 0 Å². The van der Waals surface area contributed by atoms with Gasteiger partial charge in [-0.05, 0) is 29.3 Å². The maximum atomic E-state index is 12.7. The fourth-order valence-corrected chi connectivity index (χ4v) is 3.46. The lowest BCUT2D eigenvalue weighted by Crippen LogP contribution is -2.29. The van der Waals surface area contributed by atoms with Gasteiger partial charge in [0.05, 0.1) is 19.1 Å². The van der Waals surface area contributed by atoms with E-state index >= 15 is 0 Å². The molecular formula is C22H23N5O3. The first-order valence-corrected chi connectivity index (χ1v) is 9.69. The van der Waals surface area contributed by atoms with E-state index in [0.29, 0.717) is 36.6 Å². The largest absolute Gasteiger partial charge is 0.495 e. The number of nitrogens with one attached hydrogen (secondary N) is 2. The maximum absolute atomic E-state index is 12.7. The highest BCUT2D eigenvalue weighted by Gasteiger charge is 2.25. The van der Waals surface area contributed by atoms with Gasteiger partial charge in [0.15, 0.2) is 0 Å². The number of benzene rings is 2. The number of methoxy groups -OCH3 is 1. The molecule has 2 heterocycles. The molecule has 8 nitrogen and oxygen atoms in total. The van der Waals surface area contributed by atoms with Crippen LogP contribution in [-0.4, -0.2) is 41.7 Å². The molecule has 0 spiro atoms. The summed E-state index contributed by atoms with van der Waals surface area (Å²) >= 11 is 0. The van der Waals surface area contributed by atoms with Crippen LogP contribution in [0.4, 0.5) is 10.5 Å². The maximum Gasteiger partial charge on any atom is 0.322 e. The second-order valence-electron chi connectivity index (χ2n) is 7.01. The minimum Gasteiger partial charge on any atom is -0.495 e. The van der Waals surface area contributed by atoms with Gasteiger partial charge in [-0.25, -0.2) is 9.78 Å². The van der Waals surface area contributed by atoms with Crippen molar-refractivity contribution in [3.8, 4) is 5.75 Å². The number of rotatable bonds is 7. The standard InChI is InChI=1S/C22H23N5O3/c1-30-20-6-5-18(12-19(20)27-10-8-24-22(27)29)21(28)25-13-16-3-2-4-17(11-16)14-26-9-7-23-15-26/h2-7,9,11-12,15H,8,10,13-14H2,1H3,(H,24,29)(H,25,28). The number of urea groups is 1. The fraction of sp³-hybridized carbons (Fsp3) is 0.227. The molecular weight excluding hydrogens is 382 g/mol. The van der Waals surface area contributed by atoms with E-state index in [1.165, 1.54) is 0 Å². The second-order valence-corrected chi connectivity index (χ2v) is 7.01. The zero-order valence-corrected chi connectivity index (χ0v) is 16.7. The van der Waals surface area contributed by atoms with E-state index in [-0.39, 0.29) is 11.9 Å². The molecule has 0 saturated carbocycles. The molecule has 3 aromatic rings. The molecule has 0 bridgehead atoms. The molecule has 1 saturated heterocycles. The van der Waals surface area contributed by atoms with Gasteiger partial charge >= 0.3 is 6.03 Å². The van der Waals surface area contributed by atoms with Crippen molar-refractivity contribution < 1.29 is 14.3 Å². The number of anilines is 1. The van der Waals surface area contributed by atoms with Crippen molar-refractivity contribution in [1.82, 2.24) is 20.2 Å². The quantitative estimate of drug-likeness (QED) is 0.632. The number of amides is 3. The molecule has 0 aliphatic carbocycles. The Hall–Kier alpha value is -3.81. The molecule has 1 aliphatic heterocycles. The van der Waals surface area contributed by atoms with E-state index in [4.69, 9.17) is 4.74 Å². The highest BCUT2D eigenvalue weighted by Crippen LogP contribution is 2.30. The summed E-state index contributed by atoms with van der Waals surface area (Å²) in [7, 11) is 1.54. The minimum atomic E-state index is -0.210. The summed E-state index contributed by atoms with van der Waals surface area (Å²) in [5.41, 5.74) is 3.20. The average molecular weight is 405 g/mol. The predicted molar refractivity (Wildman–Crippen MR) is 113 cm³/mol. The zero-order chi connectivity index (χ0) is 20.9. The number of carbonyl (C=O) groups is 2. The fourth-order valence-electron chi connectivity index (χ4n) is 3.46. The van der Waals surface area contributed by atoms with Crippen LogP contribution in [0.5, 0.6) is 5.75 Å². The highest BCUT2D eigenvalue weighted by molar-refractivity contribution is 5.99. The Morgan fingerprint density at radius 1 is 1.23 bits per heavy atom. The first-order valence-electron chi connectivity index (χ1n) is 9.69. The summed E-state index contributed by atoms with van der Waals surface area (Å²) < 4.78 is 7.36. The van der Waals surface area contributed by atoms with E-state index in [1.54, 1.807) is 42.7 Å². The van der Waals surface area contributed by atoms with Gasteiger partial charge < -0.3 is 19.9 Å². The number of ether oxygens (including phenoxy) is 1. The zero-order valence-electron chi connectivity index (χ0n) is 16.7. The summed E-state index contributed by atoms with van der Waals surface area (Å²) in [4.78, 5) is 30.4. The molecule has 154 valence electrons. The smallest absolute Gasteiger partial charge is 0.322 e. The molecule has 0 radical (unpaired) electrons. The van der Waals surface area contributed by atoms with Crippen molar-refractivity contribution in [2.75, 3.05) is 25.1 Å². The molecule has 1 aromatic heterocycles. The van der Waals surface area contributed by atoms with Crippen LogP contribution in [0.1, 0.15) is 21.5 Å². The van der Waals surface area contributed by atoms with E-state index in [1.807, 2.05) is 29.0 Å². The first kappa shape index (κ1) is 19.5. The van der Waals surface area contributed by atoms with Crippen LogP contribution in [-0.2, 0) is 13.1 Å². The molecule has 0 atom stereocenters. The Morgan fingerprint density at radius 2 is 2.10 bits per heavy atom. The number of aromatic nitrogens is 2. The van der Waals surface area contributed by atoms with Crippen LogP contribution < -0.4 is 20.3 Å². The van der Waals surface area contributed by atoms with Crippen LogP contribution in [0, 0.1) is 0 Å². The second kappa shape index (κ2) is 8.69. The number of nitrogens with zero attached hydrogens (tertiary/aromatic N) is 3. The Kier molecular flexibility index (Phi) is 5.65. The third kappa shape index (κ3) is 4.27. The molecule has 1 aliphatic rings. The van der Waals surface area contributed by atoms with Crippen molar-refractivity contribution in [2.45, 2.75) is 13.1 Å². The first-order chi connectivity index (χ1) is 14.6. The summed E-state index contributed by atoms with van der Waals surface area (Å²) in [5, 5.41) is 5.71. The SMILES string of the molecule is COc1ccc(C(=O)NCc2cccc(Cn3ccnc3)c2)cc1N1CCNC1=O. The van der Waals surface area contributed by atoms with E-state index < -0.39 is 0 Å². The van der Waals surface area contributed by atoms with Crippen LogP contribution in [0.15, 0.2) is 61.2 Å². The molecule has 2 aromatic carbocycles. The Bertz CT molecular complexity index is 1050. The highest BCUT2D eigenvalue weighted by atomic mass is 16.5. The Morgan fingerprint density at radius 3 is 2.83 bits per heavy atom. The van der Waals surface area contributed by atoms with Crippen molar-refractivity contribution in [2.24, 2.45) is 0 Å². The van der Waals surface area contributed by atoms with E-state index in [2.05, 4.69) is 21.7 Å². The van der Waals surface area contributed by atoms with Crippen LogP contribution >= 0.6 is 0 Å². The molecule has 8 heteroatoms. The van der Waals surface area contributed by atoms with Crippen molar-refractivity contribution in [3.05, 3.63) is 77.9 Å². The molecule has 3 amide bonds. The number of imidazole rings is 1. The van der Waals surface area contributed by atoms with Crippen molar-refractivity contribution in [3.63, 3.8) is 0 Å². The van der Waals surface area contributed by atoms with E-state index in [0.717, 1.165) is 17.7 Å². The topological polar surface area (TPSA) is 88.5 Å². The normalized spacial score (nSPS) is 13.2. The molecule has 30 heavy (non-hydrogen) atoms. The molecule has 4 rings (SSSR count). The Labute approximate surface area is 174 Å². The van der Waals surface area contributed by atoms with Crippen LogP contribution in [0.25, 0.3) is 0 Å². The predicted octanol–water partition coefficient (Wildman–Crippen LogP) is 2.40. The monoisotopic (exact) mass is 405 g/mol. The Balaban J connectivity index is 1.45. The minimum absolute atomic E-state index is 0.194. The summed E-state index contributed by atoms with van der Waals surface area (Å²) in [6, 6.07) is 13.0. The third-order valence-electron chi connectivity index (χ3n) is 4.96. The van der Waals surface area contributed by atoms with Gasteiger partial charge in [0, 0.05) is 44.1 Å². The lowest BCUT2D eigenvalue weighted by Gasteiger charge is -2.18. The van der Waals surface area contributed by atoms with Crippen molar-refractivity contribution >= 4 is 17.6 Å². The lowest BCUT2D eigenvalue weighted by molar-refractivity contribution is 0.0951.